The molecule has 2 N–H and O–H groups in total. The molecular weight excluding hydrogens is 227 g/mol. The van der Waals surface area contributed by atoms with Crippen molar-refractivity contribution in [2.24, 2.45) is 11.7 Å². The Kier molecular flexibility index (Phi) is 4.72. The van der Waals surface area contributed by atoms with Crippen molar-refractivity contribution in [2.45, 2.75) is 39.3 Å². The molecule has 1 heterocycles. The van der Waals surface area contributed by atoms with E-state index < -0.39 is 0 Å². The number of benzene rings is 1. The number of nitrogens with two attached hydrogens (primary N) is 1. The van der Waals surface area contributed by atoms with Crippen LogP contribution in [0.5, 0.6) is 0 Å². The summed E-state index contributed by atoms with van der Waals surface area (Å²) in [6.07, 6.45) is 3.74. The van der Waals surface area contributed by atoms with Crippen LogP contribution in [-0.4, -0.2) is 18.0 Å². The molecule has 1 saturated heterocycles. The number of nitrogens with zero attached hydrogens (tertiary/aromatic N) is 1. The van der Waals surface area contributed by atoms with Crippen LogP contribution < -0.4 is 5.73 Å². The molecule has 1 unspecified atom stereocenters. The van der Waals surface area contributed by atoms with Crippen molar-refractivity contribution in [3.63, 3.8) is 0 Å². The molecule has 0 bridgehead atoms. The van der Waals surface area contributed by atoms with E-state index >= 15 is 0 Å². The molecule has 2 nitrogen and oxygen atoms in total. The minimum atomic E-state index is -0.114. The fraction of sp³-hybridized carbons (Fsp3) is 0.600. The third-order valence-corrected chi connectivity index (χ3v) is 3.88. The second kappa shape index (κ2) is 6.30. The van der Waals surface area contributed by atoms with Crippen LogP contribution in [0.25, 0.3) is 0 Å². The van der Waals surface area contributed by atoms with Gasteiger partial charge < -0.3 is 5.73 Å². The first-order valence-electron chi connectivity index (χ1n) is 6.89. The average molecular weight is 250 g/mol. The van der Waals surface area contributed by atoms with E-state index in [1.807, 2.05) is 12.1 Å². The van der Waals surface area contributed by atoms with Gasteiger partial charge in [0.2, 0.25) is 0 Å². The number of rotatable bonds is 3. The number of hydrogen-bond acceptors (Lipinski definition) is 2. The first-order valence-corrected chi connectivity index (χ1v) is 6.89. The highest BCUT2D eigenvalue weighted by Gasteiger charge is 2.16. The second-order valence-electron chi connectivity index (χ2n) is 5.41. The Labute approximate surface area is 109 Å². The monoisotopic (exact) mass is 250 g/mol. The van der Waals surface area contributed by atoms with E-state index in [-0.39, 0.29) is 12.4 Å². The summed E-state index contributed by atoms with van der Waals surface area (Å²) >= 11 is 0. The van der Waals surface area contributed by atoms with Crippen molar-refractivity contribution in [3.05, 3.63) is 35.1 Å². The van der Waals surface area contributed by atoms with Crippen LogP contribution in [0.3, 0.4) is 0 Å². The highest BCUT2D eigenvalue weighted by Crippen LogP contribution is 2.20. The van der Waals surface area contributed by atoms with E-state index in [1.165, 1.54) is 19.3 Å². The van der Waals surface area contributed by atoms with Gasteiger partial charge in [-0.05, 0) is 38.3 Å². The van der Waals surface area contributed by atoms with Crippen LogP contribution in [0.1, 0.15) is 37.3 Å². The molecule has 2 rings (SSSR count). The summed E-state index contributed by atoms with van der Waals surface area (Å²) < 4.78 is 14.1. The zero-order chi connectivity index (χ0) is 13.0. The van der Waals surface area contributed by atoms with Crippen molar-refractivity contribution in [3.8, 4) is 0 Å². The largest absolute Gasteiger partial charge is 0.326 e. The van der Waals surface area contributed by atoms with Crippen molar-refractivity contribution in [2.75, 3.05) is 13.1 Å². The molecule has 0 saturated carbocycles. The molecular formula is C15H23FN2. The number of halogens is 1. The van der Waals surface area contributed by atoms with Gasteiger partial charge in [-0.15, -0.1) is 0 Å². The molecule has 18 heavy (non-hydrogen) atoms. The highest BCUT2D eigenvalue weighted by molar-refractivity contribution is 5.25. The van der Waals surface area contributed by atoms with Gasteiger partial charge in [0.15, 0.2) is 0 Å². The average Bonchev–Trinajstić information content (AvgIpc) is 2.57. The summed E-state index contributed by atoms with van der Waals surface area (Å²) in [5, 5.41) is 0. The lowest BCUT2D eigenvalue weighted by Crippen LogP contribution is -2.25. The Bertz CT molecular complexity index is 392. The predicted octanol–water partition coefficient (Wildman–Crippen LogP) is 2.91. The first kappa shape index (κ1) is 13.5. The van der Waals surface area contributed by atoms with E-state index in [9.17, 15) is 4.39 Å². The maximum absolute atomic E-state index is 14.1. The molecule has 1 fully saturated rings. The van der Waals surface area contributed by atoms with Gasteiger partial charge in [0.05, 0.1) is 0 Å². The van der Waals surface area contributed by atoms with Crippen LogP contribution in [-0.2, 0) is 13.1 Å². The number of hydrogen-bond donors (Lipinski definition) is 1. The van der Waals surface area contributed by atoms with Crippen molar-refractivity contribution in [1.82, 2.24) is 4.90 Å². The van der Waals surface area contributed by atoms with E-state index in [0.717, 1.165) is 24.6 Å². The van der Waals surface area contributed by atoms with E-state index in [1.54, 1.807) is 6.07 Å². The highest BCUT2D eigenvalue weighted by atomic mass is 19.1. The lowest BCUT2D eigenvalue weighted by atomic mass is 10.0. The van der Waals surface area contributed by atoms with Gasteiger partial charge in [0, 0.05) is 24.2 Å². The normalized spacial score (nSPS) is 21.8. The Hall–Kier alpha value is -0.930. The van der Waals surface area contributed by atoms with Gasteiger partial charge in [-0.3, -0.25) is 4.90 Å². The molecule has 1 atom stereocenters. The minimum Gasteiger partial charge on any atom is -0.326 e. The maximum atomic E-state index is 14.1. The van der Waals surface area contributed by atoms with Crippen LogP contribution in [0.4, 0.5) is 4.39 Å². The van der Waals surface area contributed by atoms with Gasteiger partial charge in [-0.2, -0.15) is 0 Å². The topological polar surface area (TPSA) is 29.3 Å². The van der Waals surface area contributed by atoms with Crippen LogP contribution in [0.15, 0.2) is 18.2 Å². The van der Waals surface area contributed by atoms with Gasteiger partial charge in [0.25, 0.3) is 0 Å². The third-order valence-electron chi connectivity index (χ3n) is 3.88. The lowest BCUT2D eigenvalue weighted by Gasteiger charge is -2.20. The molecule has 0 amide bonds. The van der Waals surface area contributed by atoms with Crippen LogP contribution >= 0.6 is 0 Å². The second-order valence-corrected chi connectivity index (χ2v) is 5.41. The van der Waals surface area contributed by atoms with Crippen LogP contribution in [0, 0.1) is 11.7 Å². The molecule has 100 valence electrons. The smallest absolute Gasteiger partial charge is 0.132 e. The fourth-order valence-corrected chi connectivity index (χ4v) is 2.63. The molecule has 0 aromatic heterocycles. The molecule has 0 radical (unpaired) electrons. The summed E-state index contributed by atoms with van der Waals surface area (Å²) in [7, 11) is 0. The minimum absolute atomic E-state index is 0.114. The SMILES string of the molecule is CC1CCCN(Cc2cccc(CN)c2F)CC1. The van der Waals surface area contributed by atoms with E-state index in [0.29, 0.717) is 12.1 Å². The quantitative estimate of drug-likeness (QED) is 0.893. The number of likely N-dealkylation sites (tertiary alicyclic amines) is 1. The third kappa shape index (κ3) is 3.30. The Morgan fingerprint density at radius 1 is 1.28 bits per heavy atom. The van der Waals surface area contributed by atoms with Crippen molar-refractivity contribution >= 4 is 0 Å². The Morgan fingerprint density at radius 2 is 2.06 bits per heavy atom. The molecule has 1 aliphatic rings. The van der Waals surface area contributed by atoms with Gasteiger partial charge >= 0.3 is 0 Å². The summed E-state index contributed by atoms with van der Waals surface area (Å²) in [6, 6.07) is 5.55. The molecule has 3 heteroatoms. The van der Waals surface area contributed by atoms with Crippen molar-refractivity contribution in [1.29, 1.82) is 0 Å². The van der Waals surface area contributed by atoms with Gasteiger partial charge in [-0.25, -0.2) is 4.39 Å². The van der Waals surface area contributed by atoms with Gasteiger partial charge in [0.1, 0.15) is 5.82 Å². The van der Waals surface area contributed by atoms with Crippen molar-refractivity contribution < 1.29 is 4.39 Å². The molecule has 0 spiro atoms. The van der Waals surface area contributed by atoms with E-state index in [4.69, 9.17) is 5.73 Å². The summed E-state index contributed by atoms with van der Waals surface area (Å²) in [5.74, 6) is 0.688. The lowest BCUT2D eigenvalue weighted by molar-refractivity contribution is 0.269. The van der Waals surface area contributed by atoms with Crippen LogP contribution in [0.2, 0.25) is 0 Å². The summed E-state index contributed by atoms with van der Waals surface area (Å²) in [5.41, 5.74) is 6.95. The molecule has 1 aromatic rings. The maximum Gasteiger partial charge on any atom is 0.132 e. The zero-order valence-corrected chi connectivity index (χ0v) is 11.2. The predicted molar refractivity (Wildman–Crippen MR) is 72.6 cm³/mol. The standard InChI is InChI=1S/C15H23FN2/c1-12-4-3-8-18(9-7-12)11-14-6-2-5-13(10-17)15(14)16/h2,5-6,12H,3-4,7-11,17H2,1H3. The Morgan fingerprint density at radius 3 is 2.83 bits per heavy atom. The summed E-state index contributed by atoms with van der Waals surface area (Å²) in [4.78, 5) is 2.36. The molecule has 0 aliphatic carbocycles. The first-order chi connectivity index (χ1) is 8.70. The van der Waals surface area contributed by atoms with Gasteiger partial charge in [-0.1, -0.05) is 25.1 Å². The van der Waals surface area contributed by atoms with E-state index in [2.05, 4.69) is 11.8 Å². The fourth-order valence-electron chi connectivity index (χ4n) is 2.63. The summed E-state index contributed by atoms with van der Waals surface area (Å²) in [6.45, 7) is 5.45. The Balaban J connectivity index is 2.04. The zero-order valence-electron chi connectivity index (χ0n) is 11.2. The molecule has 1 aromatic carbocycles. The molecule has 1 aliphatic heterocycles.